The van der Waals surface area contributed by atoms with Gasteiger partial charge in [0.15, 0.2) is 0 Å². The van der Waals surface area contributed by atoms with E-state index >= 15 is 0 Å². The summed E-state index contributed by atoms with van der Waals surface area (Å²) in [7, 11) is 0. The number of fused-ring (bicyclic) bond motifs is 1. The first-order chi connectivity index (χ1) is 12.7. The van der Waals surface area contributed by atoms with Crippen molar-refractivity contribution in [1.29, 1.82) is 0 Å². The Hall–Kier alpha value is -3.12. The van der Waals surface area contributed by atoms with E-state index in [-0.39, 0.29) is 11.4 Å². The van der Waals surface area contributed by atoms with Crippen LogP contribution in [0.15, 0.2) is 58.3 Å². The number of ether oxygens (including phenoxy) is 1. The monoisotopic (exact) mass is 349 g/mol. The number of nitrogens with zero attached hydrogens (tertiary/aromatic N) is 2. The number of aliphatic imine (C=N–C) groups is 1. The summed E-state index contributed by atoms with van der Waals surface area (Å²) in [4.78, 5) is 21.1. The van der Waals surface area contributed by atoms with Gasteiger partial charge in [0.1, 0.15) is 0 Å². The Morgan fingerprint density at radius 2 is 1.73 bits per heavy atom. The number of nitrogens with one attached hydrogen (secondary N) is 1. The molecule has 0 spiro atoms. The Bertz CT molecular complexity index is 1000. The molecule has 0 saturated carbocycles. The first-order valence-corrected chi connectivity index (χ1v) is 8.53. The molecule has 1 aliphatic heterocycles. The summed E-state index contributed by atoms with van der Waals surface area (Å²) in [5.74, 6) is -0.178. The number of hydrogen-bond acceptors (Lipinski definition) is 5. The fraction of sp³-hybridized carbons (Fsp3) is 0.200. The van der Waals surface area contributed by atoms with Gasteiger partial charge in [-0.3, -0.25) is 14.8 Å². The van der Waals surface area contributed by atoms with E-state index in [9.17, 15) is 9.90 Å². The molecular formula is C20H19N3O3. The Balaban J connectivity index is 1.62. The third kappa shape index (κ3) is 3.19. The van der Waals surface area contributed by atoms with E-state index in [1.807, 2.05) is 30.3 Å². The smallest absolute Gasteiger partial charge is 0.258 e. The van der Waals surface area contributed by atoms with E-state index in [1.54, 1.807) is 24.4 Å². The van der Waals surface area contributed by atoms with Crippen LogP contribution in [0, 0.1) is 0 Å². The van der Waals surface area contributed by atoms with E-state index in [0.717, 1.165) is 37.7 Å². The van der Waals surface area contributed by atoms with Crippen molar-refractivity contribution >= 4 is 28.4 Å². The van der Waals surface area contributed by atoms with Gasteiger partial charge >= 0.3 is 0 Å². The average Bonchev–Trinajstić information content (AvgIpc) is 2.69. The number of aromatic nitrogens is 1. The third-order valence-electron chi connectivity index (χ3n) is 4.52. The Morgan fingerprint density at radius 1 is 1.04 bits per heavy atom. The molecule has 0 radical (unpaired) electrons. The highest BCUT2D eigenvalue weighted by atomic mass is 16.5. The molecule has 0 atom stereocenters. The predicted molar refractivity (Wildman–Crippen MR) is 103 cm³/mol. The lowest BCUT2D eigenvalue weighted by Crippen LogP contribution is -2.36. The lowest BCUT2D eigenvalue weighted by atomic mass is 10.1. The van der Waals surface area contributed by atoms with Gasteiger partial charge in [-0.2, -0.15) is 0 Å². The number of hydrogen-bond donors (Lipinski definition) is 2. The van der Waals surface area contributed by atoms with Gasteiger partial charge in [0, 0.05) is 35.8 Å². The molecule has 0 aliphatic carbocycles. The van der Waals surface area contributed by atoms with E-state index in [1.165, 1.54) is 0 Å². The number of anilines is 1. The summed E-state index contributed by atoms with van der Waals surface area (Å²) in [5.41, 5.74) is 2.10. The molecule has 2 heterocycles. The minimum atomic E-state index is -0.315. The fourth-order valence-corrected chi connectivity index (χ4v) is 3.13. The van der Waals surface area contributed by atoms with Gasteiger partial charge in [0.05, 0.1) is 24.5 Å². The second-order valence-corrected chi connectivity index (χ2v) is 6.14. The Labute approximate surface area is 150 Å². The highest BCUT2D eigenvalue weighted by Gasteiger charge is 2.11. The molecule has 4 rings (SSSR count). The normalized spacial score (nSPS) is 15.0. The van der Waals surface area contributed by atoms with Gasteiger partial charge in [-0.25, -0.2) is 0 Å². The standard InChI is InChI=1S/C20H19N3O3/c24-19-17-4-2-1-3-16(17)18(20(25)22-19)13-21-14-5-7-15(8-6-14)23-9-11-26-12-10-23/h1-8,13H,9-12H2,(H2,22,24,25). The minimum Gasteiger partial charge on any atom is -0.494 e. The largest absolute Gasteiger partial charge is 0.494 e. The zero-order valence-electron chi connectivity index (χ0n) is 14.2. The number of rotatable bonds is 3. The van der Waals surface area contributed by atoms with Crippen LogP contribution in [-0.2, 0) is 4.74 Å². The predicted octanol–water partition coefficient (Wildman–Crippen LogP) is 2.82. The fourth-order valence-electron chi connectivity index (χ4n) is 3.13. The first-order valence-electron chi connectivity index (χ1n) is 8.53. The van der Waals surface area contributed by atoms with Crippen molar-refractivity contribution in [3.05, 3.63) is 64.4 Å². The summed E-state index contributed by atoms with van der Waals surface area (Å²) in [6.07, 6.45) is 1.58. The van der Waals surface area contributed by atoms with Crippen molar-refractivity contribution in [3.63, 3.8) is 0 Å². The number of aromatic amines is 1. The van der Waals surface area contributed by atoms with Crippen LogP contribution in [-0.4, -0.2) is 42.6 Å². The molecule has 0 unspecified atom stereocenters. The number of benzene rings is 2. The molecule has 6 heteroatoms. The van der Waals surface area contributed by atoms with Crippen molar-refractivity contribution in [2.24, 2.45) is 4.99 Å². The molecular weight excluding hydrogens is 330 g/mol. The molecule has 26 heavy (non-hydrogen) atoms. The van der Waals surface area contributed by atoms with Crippen molar-refractivity contribution in [2.45, 2.75) is 0 Å². The third-order valence-corrected chi connectivity index (χ3v) is 4.52. The van der Waals surface area contributed by atoms with Gasteiger partial charge in [-0.15, -0.1) is 0 Å². The lowest BCUT2D eigenvalue weighted by Gasteiger charge is -2.28. The van der Waals surface area contributed by atoms with Gasteiger partial charge in [-0.1, -0.05) is 18.2 Å². The van der Waals surface area contributed by atoms with E-state index < -0.39 is 0 Å². The summed E-state index contributed by atoms with van der Waals surface area (Å²) in [6.45, 7) is 3.27. The molecule has 1 aromatic heterocycles. The second kappa shape index (κ2) is 7.01. The van der Waals surface area contributed by atoms with Crippen molar-refractivity contribution in [3.8, 4) is 5.88 Å². The second-order valence-electron chi connectivity index (χ2n) is 6.14. The Morgan fingerprint density at radius 3 is 2.46 bits per heavy atom. The topological polar surface area (TPSA) is 77.9 Å². The van der Waals surface area contributed by atoms with Gasteiger partial charge in [0.25, 0.3) is 5.56 Å². The van der Waals surface area contributed by atoms with Gasteiger partial charge in [-0.05, 0) is 30.3 Å². The van der Waals surface area contributed by atoms with Crippen LogP contribution >= 0.6 is 0 Å². The van der Waals surface area contributed by atoms with Crippen LogP contribution in [0.25, 0.3) is 10.8 Å². The number of aromatic hydroxyl groups is 1. The summed E-state index contributed by atoms with van der Waals surface area (Å²) >= 11 is 0. The van der Waals surface area contributed by atoms with Crippen LogP contribution in [0.4, 0.5) is 11.4 Å². The molecule has 132 valence electrons. The molecule has 2 N–H and O–H groups in total. The quantitative estimate of drug-likeness (QED) is 0.713. The van der Waals surface area contributed by atoms with E-state index in [0.29, 0.717) is 16.3 Å². The van der Waals surface area contributed by atoms with Gasteiger partial charge in [0.2, 0.25) is 5.88 Å². The van der Waals surface area contributed by atoms with Crippen LogP contribution in [0.5, 0.6) is 5.88 Å². The average molecular weight is 349 g/mol. The highest BCUT2D eigenvalue weighted by Crippen LogP contribution is 2.23. The SMILES string of the molecule is O=c1[nH]c(O)c(C=Nc2ccc(N3CCOCC3)cc2)c2ccccc12. The van der Waals surface area contributed by atoms with E-state index in [2.05, 4.69) is 14.9 Å². The molecule has 0 amide bonds. The number of morpholine rings is 1. The Kier molecular flexibility index (Phi) is 4.41. The maximum absolute atomic E-state index is 11.9. The maximum Gasteiger partial charge on any atom is 0.258 e. The first kappa shape index (κ1) is 16.4. The van der Waals surface area contributed by atoms with Crippen molar-refractivity contribution < 1.29 is 9.84 Å². The zero-order valence-corrected chi connectivity index (χ0v) is 14.2. The molecule has 3 aromatic rings. The molecule has 2 aromatic carbocycles. The molecule has 1 aliphatic rings. The molecule has 1 saturated heterocycles. The molecule has 6 nitrogen and oxygen atoms in total. The summed E-state index contributed by atoms with van der Waals surface area (Å²) < 4.78 is 5.37. The highest BCUT2D eigenvalue weighted by molar-refractivity contribution is 6.01. The van der Waals surface area contributed by atoms with Crippen LogP contribution in [0.1, 0.15) is 5.56 Å². The number of H-pyrrole nitrogens is 1. The zero-order chi connectivity index (χ0) is 17.9. The van der Waals surface area contributed by atoms with Crippen LogP contribution in [0.3, 0.4) is 0 Å². The summed E-state index contributed by atoms with van der Waals surface area (Å²) in [5, 5.41) is 11.3. The number of pyridine rings is 1. The minimum absolute atomic E-state index is 0.178. The molecule has 0 bridgehead atoms. The summed E-state index contributed by atoms with van der Waals surface area (Å²) in [6, 6.07) is 15.1. The van der Waals surface area contributed by atoms with Crippen LogP contribution in [0.2, 0.25) is 0 Å². The van der Waals surface area contributed by atoms with Crippen molar-refractivity contribution in [2.75, 3.05) is 31.2 Å². The van der Waals surface area contributed by atoms with Gasteiger partial charge < -0.3 is 14.7 Å². The molecule has 1 fully saturated rings. The van der Waals surface area contributed by atoms with Crippen molar-refractivity contribution in [1.82, 2.24) is 4.98 Å². The lowest BCUT2D eigenvalue weighted by molar-refractivity contribution is 0.122. The van der Waals surface area contributed by atoms with E-state index in [4.69, 9.17) is 4.74 Å². The maximum atomic E-state index is 11.9. The van der Waals surface area contributed by atoms with Crippen LogP contribution < -0.4 is 10.5 Å².